The van der Waals surface area contributed by atoms with Crippen LogP contribution in [0.1, 0.15) is 47.5 Å². The first-order chi connectivity index (χ1) is 12.2. The second-order valence-electron chi connectivity index (χ2n) is 5.43. The molecule has 0 aliphatic heterocycles. The van der Waals surface area contributed by atoms with Gasteiger partial charge in [-0.05, 0) is 37.6 Å². The number of hydrogen-bond acceptors (Lipinski definition) is 5. The van der Waals surface area contributed by atoms with Gasteiger partial charge in [0.25, 0.3) is 5.91 Å². The number of benzene rings is 1. The van der Waals surface area contributed by atoms with Gasteiger partial charge in [0, 0.05) is 18.4 Å². The Bertz CT molecular complexity index is 731. The van der Waals surface area contributed by atoms with E-state index in [1.54, 1.807) is 43.5 Å². The van der Waals surface area contributed by atoms with Crippen molar-refractivity contribution < 1.29 is 14.3 Å². The molecule has 1 heterocycles. The molecule has 0 saturated carbocycles. The Labute approximate surface area is 147 Å². The Hall–Kier alpha value is -2.89. The highest BCUT2D eigenvalue weighted by Crippen LogP contribution is 2.22. The van der Waals surface area contributed by atoms with E-state index in [-0.39, 0.29) is 5.91 Å². The fourth-order valence-electron chi connectivity index (χ4n) is 2.24. The second kappa shape index (κ2) is 9.42. The quantitative estimate of drug-likeness (QED) is 0.567. The number of carbonyl (C=O) groups excluding carboxylic acids is 2. The third kappa shape index (κ3) is 5.31. The number of anilines is 2. The lowest BCUT2D eigenvalue weighted by molar-refractivity contribution is 0.0527. The fourth-order valence-corrected chi connectivity index (χ4v) is 2.24. The number of aromatic nitrogens is 1. The minimum absolute atomic E-state index is 0.212. The minimum atomic E-state index is -0.391. The number of hydrogen-bond donors (Lipinski definition) is 2. The maximum Gasteiger partial charge on any atom is 0.340 e. The first kappa shape index (κ1) is 18.4. The van der Waals surface area contributed by atoms with E-state index in [0.717, 1.165) is 12.8 Å². The predicted molar refractivity (Wildman–Crippen MR) is 97.2 cm³/mol. The van der Waals surface area contributed by atoms with Gasteiger partial charge in [-0.25, -0.2) is 4.79 Å². The minimum Gasteiger partial charge on any atom is -0.462 e. The Morgan fingerprint density at radius 3 is 2.72 bits per heavy atom. The first-order valence-electron chi connectivity index (χ1n) is 8.43. The summed E-state index contributed by atoms with van der Waals surface area (Å²) in [6.07, 6.45) is 3.50. The molecule has 0 spiro atoms. The van der Waals surface area contributed by atoms with Crippen LogP contribution in [0.4, 0.5) is 11.4 Å². The van der Waals surface area contributed by atoms with Crippen molar-refractivity contribution in [1.29, 1.82) is 0 Å². The summed E-state index contributed by atoms with van der Waals surface area (Å²) < 4.78 is 5.07. The van der Waals surface area contributed by atoms with Gasteiger partial charge in [0.1, 0.15) is 5.69 Å². The molecule has 0 saturated heterocycles. The van der Waals surface area contributed by atoms with Gasteiger partial charge in [-0.2, -0.15) is 0 Å². The van der Waals surface area contributed by atoms with Gasteiger partial charge >= 0.3 is 5.97 Å². The van der Waals surface area contributed by atoms with Crippen molar-refractivity contribution in [3.8, 4) is 0 Å². The molecule has 1 aromatic heterocycles. The largest absolute Gasteiger partial charge is 0.462 e. The lowest BCUT2D eigenvalue weighted by Gasteiger charge is -2.12. The predicted octanol–water partition coefficient (Wildman–Crippen LogP) is 3.53. The summed E-state index contributed by atoms with van der Waals surface area (Å²) in [5.74, 6) is -0.604. The van der Waals surface area contributed by atoms with Gasteiger partial charge in [-0.3, -0.25) is 9.78 Å². The van der Waals surface area contributed by atoms with Crippen LogP contribution in [0.25, 0.3) is 0 Å². The molecule has 0 radical (unpaired) electrons. The summed E-state index contributed by atoms with van der Waals surface area (Å²) in [6, 6.07) is 10.5. The normalized spacial score (nSPS) is 10.2. The Kier molecular flexibility index (Phi) is 6.95. The van der Waals surface area contributed by atoms with E-state index < -0.39 is 5.97 Å². The standard InChI is InChI=1S/C19H23N3O3/c1-3-5-11-21-18(23)17-13-14(10-12-20-17)22-16-9-7-6-8-15(16)19(24)25-4-2/h6-10,12-13H,3-5,11H2,1-2H3,(H,20,22)(H,21,23). The average molecular weight is 341 g/mol. The third-order valence-electron chi connectivity index (χ3n) is 3.51. The Balaban J connectivity index is 2.15. The van der Waals surface area contributed by atoms with E-state index in [1.165, 1.54) is 0 Å². The molecule has 2 N–H and O–H groups in total. The summed E-state index contributed by atoms with van der Waals surface area (Å²) in [4.78, 5) is 28.3. The highest BCUT2D eigenvalue weighted by atomic mass is 16.5. The number of esters is 1. The smallest absolute Gasteiger partial charge is 0.340 e. The third-order valence-corrected chi connectivity index (χ3v) is 3.51. The molecule has 0 unspecified atom stereocenters. The van der Waals surface area contributed by atoms with E-state index in [9.17, 15) is 9.59 Å². The number of amides is 1. The van der Waals surface area contributed by atoms with Crippen molar-refractivity contribution in [3.05, 3.63) is 53.9 Å². The number of pyridine rings is 1. The fraction of sp³-hybridized carbons (Fsp3) is 0.316. The molecule has 2 rings (SSSR count). The van der Waals surface area contributed by atoms with Gasteiger partial charge < -0.3 is 15.4 Å². The second-order valence-corrected chi connectivity index (χ2v) is 5.43. The number of carbonyl (C=O) groups is 2. The van der Waals surface area contributed by atoms with E-state index in [0.29, 0.717) is 35.8 Å². The van der Waals surface area contributed by atoms with Gasteiger partial charge in [-0.15, -0.1) is 0 Å². The highest BCUT2D eigenvalue weighted by Gasteiger charge is 2.13. The Morgan fingerprint density at radius 2 is 1.96 bits per heavy atom. The van der Waals surface area contributed by atoms with Crippen molar-refractivity contribution in [1.82, 2.24) is 10.3 Å². The van der Waals surface area contributed by atoms with E-state index in [2.05, 4.69) is 22.5 Å². The topological polar surface area (TPSA) is 80.3 Å². The molecule has 132 valence electrons. The number of rotatable bonds is 8. The summed E-state index contributed by atoms with van der Waals surface area (Å²) in [6.45, 7) is 4.76. The first-order valence-corrected chi connectivity index (χ1v) is 8.43. The number of nitrogens with zero attached hydrogens (tertiary/aromatic N) is 1. The SMILES string of the molecule is CCCCNC(=O)c1cc(Nc2ccccc2C(=O)OCC)ccn1. The maximum atomic E-state index is 12.1. The van der Waals surface area contributed by atoms with Crippen LogP contribution in [0.3, 0.4) is 0 Å². The molecule has 25 heavy (non-hydrogen) atoms. The van der Waals surface area contributed by atoms with Crippen LogP contribution in [0.5, 0.6) is 0 Å². The number of para-hydroxylation sites is 1. The highest BCUT2D eigenvalue weighted by molar-refractivity contribution is 5.97. The lowest BCUT2D eigenvalue weighted by atomic mass is 10.1. The molecule has 6 nitrogen and oxygen atoms in total. The Morgan fingerprint density at radius 1 is 1.16 bits per heavy atom. The number of nitrogens with one attached hydrogen (secondary N) is 2. The van der Waals surface area contributed by atoms with Crippen molar-refractivity contribution >= 4 is 23.3 Å². The van der Waals surface area contributed by atoms with Crippen LogP contribution in [-0.2, 0) is 4.74 Å². The van der Waals surface area contributed by atoms with Gasteiger partial charge in [-0.1, -0.05) is 25.5 Å². The van der Waals surface area contributed by atoms with Crippen molar-refractivity contribution in [2.75, 3.05) is 18.5 Å². The van der Waals surface area contributed by atoms with Crippen molar-refractivity contribution in [3.63, 3.8) is 0 Å². The van der Waals surface area contributed by atoms with Crippen LogP contribution in [0.15, 0.2) is 42.6 Å². The molecular formula is C19H23N3O3. The average Bonchev–Trinajstić information content (AvgIpc) is 2.63. The van der Waals surface area contributed by atoms with Gasteiger partial charge in [0.05, 0.1) is 17.9 Å². The number of ether oxygens (including phenoxy) is 1. The molecular weight excluding hydrogens is 318 g/mol. The van der Waals surface area contributed by atoms with Crippen LogP contribution in [0, 0.1) is 0 Å². The van der Waals surface area contributed by atoms with Crippen LogP contribution >= 0.6 is 0 Å². The molecule has 0 bridgehead atoms. The van der Waals surface area contributed by atoms with Crippen LogP contribution in [-0.4, -0.2) is 30.0 Å². The van der Waals surface area contributed by atoms with Crippen LogP contribution in [0.2, 0.25) is 0 Å². The zero-order valence-corrected chi connectivity index (χ0v) is 14.5. The summed E-state index contributed by atoms with van der Waals surface area (Å²) in [5, 5.41) is 5.99. The molecule has 6 heteroatoms. The van der Waals surface area contributed by atoms with Gasteiger partial charge in [0.2, 0.25) is 0 Å². The molecule has 0 aliphatic carbocycles. The molecule has 0 fully saturated rings. The van der Waals surface area contributed by atoms with E-state index in [1.807, 2.05) is 6.07 Å². The maximum absolute atomic E-state index is 12.1. The molecule has 0 aliphatic rings. The monoisotopic (exact) mass is 341 g/mol. The zero-order chi connectivity index (χ0) is 18.1. The van der Waals surface area contributed by atoms with Crippen molar-refractivity contribution in [2.24, 2.45) is 0 Å². The summed E-state index contributed by atoms with van der Waals surface area (Å²) in [5.41, 5.74) is 2.06. The zero-order valence-electron chi connectivity index (χ0n) is 14.5. The molecule has 2 aromatic rings. The van der Waals surface area contributed by atoms with E-state index >= 15 is 0 Å². The van der Waals surface area contributed by atoms with E-state index in [4.69, 9.17) is 4.74 Å². The number of unbranched alkanes of at least 4 members (excludes halogenated alkanes) is 1. The summed E-state index contributed by atoms with van der Waals surface area (Å²) in [7, 11) is 0. The molecule has 1 amide bonds. The lowest BCUT2D eigenvalue weighted by Crippen LogP contribution is -2.25. The van der Waals surface area contributed by atoms with Crippen molar-refractivity contribution in [2.45, 2.75) is 26.7 Å². The van der Waals surface area contributed by atoms with Gasteiger partial charge in [0.15, 0.2) is 0 Å². The molecule has 1 aromatic carbocycles. The van der Waals surface area contributed by atoms with Crippen LogP contribution < -0.4 is 10.6 Å². The molecule has 0 atom stereocenters. The summed E-state index contributed by atoms with van der Waals surface area (Å²) >= 11 is 0.